The van der Waals surface area contributed by atoms with Crippen molar-refractivity contribution in [1.29, 1.82) is 0 Å². The van der Waals surface area contributed by atoms with Crippen molar-refractivity contribution in [3.05, 3.63) is 0 Å². The molecule has 0 saturated carbocycles. The molecule has 0 fully saturated rings. The lowest BCUT2D eigenvalue weighted by molar-refractivity contribution is -0.139. The highest BCUT2D eigenvalue weighted by molar-refractivity contribution is 5.86. The van der Waals surface area contributed by atoms with E-state index in [-0.39, 0.29) is 18.5 Å². The Balaban J connectivity index is 4.06. The Morgan fingerprint density at radius 3 is 2.26 bits per heavy atom. The number of urea groups is 1. The predicted octanol–water partition coefficient (Wildman–Crippen LogP) is 0.454. The molecule has 0 bridgehead atoms. The molecule has 3 amide bonds. The van der Waals surface area contributed by atoms with E-state index in [9.17, 15) is 14.4 Å². The second-order valence-electron chi connectivity index (χ2n) is 4.58. The third-order valence-electron chi connectivity index (χ3n) is 2.31. The number of carboxylic acids is 1. The number of hydrogen-bond donors (Lipinski definition) is 4. The fourth-order valence-corrected chi connectivity index (χ4v) is 1.41. The van der Waals surface area contributed by atoms with Gasteiger partial charge in [0.2, 0.25) is 5.91 Å². The van der Waals surface area contributed by atoms with Crippen LogP contribution in [0.1, 0.15) is 40.0 Å². The van der Waals surface area contributed by atoms with Crippen LogP contribution in [0.4, 0.5) is 4.79 Å². The van der Waals surface area contributed by atoms with Gasteiger partial charge in [0.15, 0.2) is 0 Å². The average Bonchev–Trinajstić information content (AvgIpc) is 2.30. The van der Waals surface area contributed by atoms with Gasteiger partial charge in [-0.1, -0.05) is 19.8 Å². The number of carbonyl (C=O) groups is 3. The number of amides is 3. The summed E-state index contributed by atoms with van der Waals surface area (Å²) in [6.45, 7) is 5.38. The molecule has 7 nitrogen and oxygen atoms in total. The fraction of sp³-hybridized carbons (Fsp3) is 0.750. The number of aliphatic carboxylic acids is 1. The first-order valence-electron chi connectivity index (χ1n) is 6.43. The third-order valence-corrected chi connectivity index (χ3v) is 2.31. The highest BCUT2D eigenvalue weighted by Gasteiger charge is 2.19. The van der Waals surface area contributed by atoms with Crippen LogP contribution in [-0.2, 0) is 9.59 Å². The second-order valence-corrected chi connectivity index (χ2v) is 4.58. The van der Waals surface area contributed by atoms with Crippen molar-refractivity contribution in [3.8, 4) is 0 Å². The molecule has 0 aliphatic rings. The topological polar surface area (TPSA) is 108 Å². The lowest BCUT2D eigenvalue weighted by Gasteiger charge is -2.15. The molecule has 0 radical (unpaired) electrons. The Bertz CT molecular complexity index is 318. The molecule has 0 aromatic rings. The quantitative estimate of drug-likeness (QED) is 0.515. The Kier molecular flexibility index (Phi) is 8.32. The molecule has 1 unspecified atom stereocenters. The first-order valence-corrected chi connectivity index (χ1v) is 6.43. The van der Waals surface area contributed by atoms with E-state index in [1.165, 1.54) is 0 Å². The van der Waals surface area contributed by atoms with Crippen LogP contribution < -0.4 is 16.0 Å². The van der Waals surface area contributed by atoms with Gasteiger partial charge in [0.25, 0.3) is 0 Å². The Hall–Kier alpha value is -1.79. The van der Waals surface area contributed by atoms with E-state index in [2.05, 4.69) is 16.0 Å². The summed E-state index contributed by atoms with van der Waals surface area (Å²) in [7, 11) is 0. The summed E-state index contributed by atoms with van der Waals surface area (Å²) in [5.74, 6) is -1.39. The van der Waals surface area contributed by atoms with E-state index in [1.807, 2.05) is 20.8 Å². The van der Waals surface area contributed by atoms with E-state index in [4.69, 9.17) is 5.11 Å². The van der Waals surface area contributed by atoms with Gasteiger partial charge in [0.05, 0.1) is 6.54 Å². The highest BCUT2D eigenvalue weighted by atomic mass is 16.4. The zero-order valence-electron chi connectivity index (χ0n) is 11.7. The monoisotopic (exact) mass is 273 g/mol. The maximum atomic E-state index is 11.4. The van der Waals surface area contributed by atoms with Crippen LogP contribution in [0.5, 0.6) is 0 Å². The second kappa shape index (κ2) is 9.18. The van der Waals surface area contributed by atoms with Crippen molar-refractivity contribution in [2.45, 2.75) is 52.1 Å². The number of nitrogens with one attached hydrogen (secondary N) is 3. The molecule has 4 N–H and O–H groups in total. The number of carboxylic acid groups (broad SMARTS) is 1. The number of carbonyl (C=O) groups excluding carboxylic acids is 2. The van der Waals surface area contributed by atoms with Crippen molar-refractivity contribution >= 4 is 17.9 Å². The van der Waals surface area contributed by atoms with E-state index in [0.29, 0.717) is 12.8 Å². The fourth-order valence-electron chi connectivity index (χ4n) is 1.41. The molecule has 0 spiro atoms. The zero-order valence-corrected chi connectivity index (χ0v) is 11.7. The summed E-state index contributed by atoms with van der Waals surface area (Å²) in [6, 6.07) is -1.58. The number of hydrogen-bond acceptors (Lipinski definition) is 3. The number of unbranched alkanes of at least 4 members (excludes halogenated alkanes) is 1. The van der Waals surface area contributed by atoms with Crippen molar-refractivity contribution in [3.63, 3.8) is 0 Å². The lowest BCUT2D eigenvalue weighted by Crippen LogP contribution is -2.48. The van der Waals surface area contributed by atoms with Gasteiger partial charge in [-0.25, -0.2) is 9.59 Å². The summed E-state index contributed by atoms with van der Waals surface area (Å²) >= 11 is 0. The predicted molar refractivity (Wildman–Crippen MR) is 70.8 cm³/mol. The van der Waals surface area contributed by atoms with Gasteiger partial charge in [-0.15, -0.1) is 0 Å². The molecule has 0 rings (SSSR count). The van der Waals surface area contributed by atoms with Crippen LogP contribution in [0.25, 0.3) is 0 Å². The first-order chi connectivity index (χ1) is 8.86. The SMILES string of the molecule is CCCCC(NC(=O)NCC(=O)NC(C)C)C(=O)O. The Labute approximate surface area is 113 Å². The minimum atomic E-state index is -1.07. The minimum Gasteiger partial charge on any atom is -0.480 e. The molecule has 110 valence electrons. The van der Waals surface area contributed by atoms with Gasteiger partial charge < -0.3 is 21.1 Å². The molecule has 0 aromatic carbocycles. The van der Waals surface area contributed by atoms with Gasteiger partial charge in [0, 0.05) is 6.04 Å². The van der Waals surface area contributed by atoms with Crippen LogP contribution >= 0.6 is 0 Å². The molecule has 0 aliphatic heterocycles. The van der Waals surface area contributed by atoms with Gasteiger partial charge in [-0.05, 0) is 20.3 Å². The van der Waals surface area contributed by atoms with Crippen LogP contribution in [0.15, 0.2) is 0 Å². The summed E-state index contributed by atoms with van der Waals surface area (Å²) in [5, 5.41) is 16.2. The van der Waals surface area contributed by atoms with Crippen molar-refractivity contribution < 1.29 is 19.5 Å². The van der Waals surface area contributed by atoms with Crippen LogP contribution in [-0.4, -0.2) is 41.6 Å². The highest BCUT2D eigenvalue weighted by Crippen LogP contribution is 2.00. The van der Waals surface area contributed by atoms with E-state index >= 15 is 0 Å². The van der Waals surface area contributed by atoms with Crippen LogP contribution in [0.2, 0.25) is 0 Å². The van der Waals surface area contributed by atoms with Gasteiger partial charge in [-0.2, -0.15) is 0 Å². The molecular weight excluding hydrogens is 250 g/mol. The van der Waals surface area contributed by atoms with Gasteiger partial charge in [-0.3, -0.25) is 4.79 Å². The minimum absolute atomic E-state index is 0.00585. The molecular formula is C12H23N3O4. The Morgan fingerprint density at radius 2 is 1.79 bits per heavy atom. The van der Waals surface area contributed by atoms with Crippen molar-refractivity contribution in [2.75, 3.05) is 6.54 Å². The van der Waals surface area contributed by atoms with Crippen molar-refractivity contribution in [1.82, 2.24) is 16.0 Å². The summed E-state index contributed by atoms with van der Waals surface area (Å²) < 4.78 is 0. The zero-order chi connectivity index (χ0) is 14.8. The normalized spacial score (nSPS) is 11.8. The van der Waals surface area contributed by atoms with Crippen LogP contribution in [0, 0.1) is 0 Å². The largest absolute Gasteiger partial charge is 0.480 e. The van der Waals surface area contributed by atoms with Gasteiger partial charge >= 0.3 is 12.0 Å². The van der Waals surface area contributed by atoms with E-state index < -0.39 is 18.0 Å². The molecule has 0 aliphatic carbocycles. The van der Waals surface area contributed by atoms with Crippen molar-refractivity contribution in [2.24, 2.45) is 0 Å². The maximum Gasteiger partial charge on any atom is 0.326 e. The molecule has 0 aromatic heterocycles. The van der Waals surface area contributed by atoms with Gasteiger partial charge in [0.1, 0.15) is 6.04 Å². The molecule has 1 atom stereocenters. The third kappa shape index (κ3) is 8.87. The van der Waals surface area contributed by atoms with E-state index in [1.54, 1.807) is 0 Å². The smallest absolute Gasteiger partial charge is 0.326 e. The maximum absolute atomic E-state index is 11.4. The standard InChI is InChI=1S/C12H23N3O4/c1-4-5-6-9(11(17)18)15-12(19)13-7-10(16)14-8(2)3/h8-9H,4-7H2,1-3H3,(H,14,16)(H,17,18)(H2,13,15,19). The lowest BCUT2D eigenvalue weighted by atomic mass is 10.1. The number of rotatable bonds is 8. The van der Waals surface area contributed by atoms with Crippen LogP contribution in [0.3, 0.4) is 0 Å². The summed E-state index contributed by atoms with van der Waals surface area (Å²) in [4.78, 5) is 33.6. The Morgan fingerprint density at radius 1 is 1.16 bits per heavy atom. The van der Waals surface area contributed by atoms with E-state index in [0.717, 1.165) is 6.42 Å². The molecule has 19 heavy (non-hydrogen) atoms. The summed E-state index contributed by atoms with van der Waals surface area (Å²) in [6.07, 6.45) is 1.94. The summed E-state index contributed by atoms with van der Waals surface area (Å²) in [5.41, 5.74) is 0. The molecule has 7 heteroatoms. The average molecular weight is 273 g/mol. The molecule has 0 saturated heterocycles. The first kappa shape index (κ1) is 17.2. The molecule has 0 heterocycles.